The van der Waals surface area contributed by atoms with E-state index in [1.807, 2.05) is 31.2 Å². The lowest BCUT2D eigenvalue weighted by Gasteiger charge is -2.06. The van der Waals surface area contributed by atoms with Crippen molar-refractivity contribution < 1.29 is 9.53 Å². The number of halogens is 1. The molecule has 1 heterocycles. The number of hydrogen-bond donors (Lipinski definition) is 0. The molecule has 1 aromatic heterocycles. The molecule has 0 aliphatic heterocycles. The first-order valence-electron chi connectivity index (χ1n) is 5.30. The van der Waals surface area contributed by atoms with Gasteiger partial charge in [0.2, 0.25) is 0 Å². The first-order chi connectivity index (χ1) is 8.63. The molecule has 1 aromatic carbocycles. The molecule has 2 aromatic rings. The fourth-order valence-electron chi connectivity index (χ4n) is 1.56. The topological polar surface area (TPSA) is 52.1 Å². The van der Waals surface area contributed by atoms with Crippen LogP contribution >= 0.6 is 11.6 Å². The highest BCUT2D eigenvalue weighted by atomic mass is 35.5. The number of methoxy groups -OCH3 is 1. The minimum Gasteiger partial charge on any atom is -0.465 e. The van der Waals surface area contributed by atoms with Gasteiger partial charge in [-0.05, 0) is 12.5 Å². The Balaban J connectivity index is 2.47. The van der Waals surface area contributed by atoms with Crippen molar-refractivity contribution in [3.05, 3.63) is 46.7 Å². The van der Waals surface area contributed by atoms with Crippen molar-refractivity contribution in [2.24, 2.45) is 0 Å². The van der Waals surface area contributed by atoms with Crippen LogP contribution in [0.1, 0.15) is 15.9 Å². The molecule has 0 radical (unpaired) electrons. The van der Waals surface area contributed by atoms with Crippen molar-refractivity contribution in [2.75, 3.05) is 7.11 Å². The van der Waals surface area contributed by atoms with Crippen molar-refractivity contribution >= 4 is 17.6 Å². The number of aryl methyl sites for hydroxylation is 1. The van der Waals surface area contributed by atoms with Crippen LogP contribution < -0.4 is 0 Å². The number of carbonyl (C=O) groups excluding carboxylic acids is 1. The first-order valence-corrected chi connectivity index (χ1v) is 5.68. The normalized spacial score (nSPS) is 10.2. The summed E-state index contributed by atoms with van der Waals surface area (Å²) >= 11 is 5.95. The number of nitrogens with zero attached hydrogens (tertiary/aromatic N) is 2. The van der Waals surface area contributed by atoms with Gasteiger partial charge in [-0.2, -0.15) is 0 Å². The van der Waals surface area contributed by atoms with E-state index in [1.54, 1.807) is 0 Å². The predicted molar refractivity (Wildman–Crippen MR) is 68.6 cm³/mol. The Hall–Kier alpha value is -1.94. The van der Waals surface area contributed by atoms with Crippen molar-refractivity contribution in [3.63, 3.8) is 0 Å². The van der Waals surface area contributed by atoms with Gasteiger partial charge in [0, 0.05) is 11.8 Å². The van der Waals surface area contributed by atoms with Crippen LogP contribution in [0.4, 0.5) is 0 Å². The van der Waals surface area contributed by atoms with Gasteiger partial charge in [0.1, 0.15) is 10.7 Å². The molecule has 0 unspecified atom stereocenters. The number of benzene rings is 1. The lowest BCUT2D eigenvalue weighted by atomic mass is 10.1. The molecule has 5 heteroatoms. The third-order valence-electron chi connectivity index (χ3n) is 2.53. The van der Waals surface area contributed by atoms with Gasteiger partial charge >= 0.3 is 5.97 Å². The number of esters is 1. The number of ether oxygens (including phenoxy) is 1. The Kier molecular flexibility index (Phi) is 3.58. The van der Waals surface area contributed by atoms with E-state index >= 15 is 0 Å². The van der Waals surface area contributed by atoms with Crippen molar-refractivity contribution in [1.82, 2.24) is 9.97 Å². The van der Waals surface area contributed by atoms with E-state index in [4.69, 9.17) is 11.6 Å². The second-order valence-electron chi connectivity index (χ2n) is 3.70. The Morgan fingerprint density at radius 2 is 2.06 bits per heavy atom. The minimum absolute atomic E-state index is 0.0927. The highest BCUT2D eigenvalue weighted by Gasteiger charge is 2.14. The maximum Gasteiger partial charge on any atom is 0.342 e. The van der Waals surface area contributed by atoms with Crippen LogP contribution in [0, 0.1) is 6.92 Å². The van der Waals surface area contributed by atoms with E-state index in [1.165, 1.54) is 13.3 Å². The molecule has 0 amide bonds. The molecule has 0 saturated carbocycles. The van der Waals surface area contributed by atoms with Crippen LogP contribution in [0.3, 0.4) is 0 Å². The molecule has 0 bridgehead atoms. The van der Waals surface area contributed by atoms with Crippen LogP contribution in [0.25, 0.3) is 11.4 Å². The van der Waals surface area contributed by atoms with Crippen LogP contribution in [0.5, 0.6) is 0 Å². The molecule has 0 spiro atoms. The number of aromatic nitrogens is 2. The maximum atomic E-state index is 11.4. The summed E-state index contributed by atoms with van der Waals surface area (Å²) in [6, 6.07) is 7.69. The van der Waals surface area contributed by atoms with Gasteiger partial charge in [-0.25, -0.2) is 14.8 Å². The molecule has 18 heavy (non-hydrogen) atoms. The van der Waals surface area contributed by atoms with Crippen LogP contribution in [0.15, 0.2) is 30.5 Å². The zero-order valence-electron chi connectivity index (χ0n) is 9.98. The van der Waals surface area contributed by atoms with E-state index in [0.29, 0.717) is 5.82 Å². The number of hydrogen-bond acceptors (Lipinski definition) is 4. The van der Waals surface area contributed by atoms with Gasteiger partial charge in [-0.3, -0.25) is 0 Å². The molecule has 0 saturated heterocycles. The lowest BCUT2D eigenvalue weighted by Crippen LogP contribution is -2.05. The molecule has 0 aliphatic rings. The maximum absolute atomic E-state index is 11.4. The molecule has 4 nitrogen and oxygen atoms in total. The van der Waals surface area contributed by atoms with E-state index in [2.05, 4.69) is 14.7 Å². The lowest BCUT2D eigenvalue weighted by molar-refractivity contribution is 0.0600. The van der Waals surface area contributed by atoms with Crippen molar-refractivity contribution in [1.29, 1.82) is 0 Å². The summed E-state index contributed by atoms with van der Waals surface area (Å²) in [5.41, 5.74) is 2.09. The molecule has 92 valence electrons. The van der Waals surface area contributed by atoms with Gasteiger partial charge in [-0.15, -0.1) is 0 Å². The molecular formula is C13H11ClN2O2. The molecule has 0 N–H and O–H groups in total. The third-order valence-corrected chi connectivity index (χ3v) is 2.82. The monoisotopic (exact) mass is 262 g/mol. The van der Waals surface area contributed by atoms with Gasteiger partial charge in [0.05, 0.1) is 7.11 Å². The van der Waals surface area contributed by atoms with Gasteiger partial charge < -0.3 is 4.74 Å². The smallest absolute Gasteiger partial charge is 0.342 e. The fourth-order valence-corrected chi connectivity index (χ4v) is 1.77. The Morgan fingerprint density at radius 1 is 1.33 bits per heavy atom. The first kappa shape index (κ1) is 12.5. The summed E-state index contributed by atoms with van der Waals surface area (Å²) in [6.45, 7) is 1.96. The fraction of sp³-hybridized carbons (Fsp3) is 0.154. The van der Waals surface area contributed by atoms with Gasteiger partial charge in [0.15, 0.2) is 5.82 Å². The quantitative estimate of drug-likeness (QED) is 0.617. The summed E-state index contributed by atoms with van der Waals surface area (Å²) in [7, 11) is 1.29. The Morgan fingerprint density at radius 3 is 2.67 bits per heavy atom. The molecular weight excluding hydrogens is 252 g/mol. The van der Waals surface area contributed by atoms with Gasteiger partial charge in [0.25, 0.3) is 0 Å². The van der Waals surface area contributed by atoms with Crippen molar-refractivity contribution in [2.45, 2.75) is 6.92 Å². The van der Waals surface area contributed by atoms with E-state index in [0.717, 1.165) is 11.1 Å². The zero-order valence-corrected chi connectivity index (χ0v) is 10.7. The molecule has 2 rings (SSSR count). The van der Waals surface area contributed by atoms with Crippen LogP contribution in [-0.2, 0) is 4.74 Å². The second kappa shape index (κ2) is 5.14. The Bertz CT molecular complexity index is 599. The average Bonchev–Trinajstić information content (AvgIpc) is 2.38. The van der Waals surface area contributed by atoms with E-state index in [9.17, 15) is 4.79 Å². The van der Waals surface area contributed by atoms with E-state index in [-0.39, 0.29) is 10.7 Å². The van der Waals surface area contributed by atoms with Crippen LogP contribution in [0.2, 0.25) is 5.15 Å². The summed E-state index contributed by atoms with van der Waals surface area (Å²) in [5.74, 6) is -0.0536. The number of carbonyl (C=O) groups is 1. The molecule has 0 atom stereocenters. The largest absolute Gasteiger partial charge is 0.465 e. The summed E-state index contributed by atoms with van der Waals surface area (Å²) < 4.78 is 4.58. The highest BCUT2D eigenvalue weighted by molar-refractivity contribution is 6.32. The zero-order chi connectivity index (χ0) is 13.1. The third kappa shape index (κ3) is 2.33. The summed E-state index contributed by atoms with van der Waals surface area (Å²) in [5, 5.41) is 0.0927. The minimum atomic E-state index is -0.545. The standard InChI is InChI=1S/C13H11ClN2O2/c1-8-5-3-4-6-9(8)12-15-7-10(11(14)16-12)13(17)18-2/h3-7H,1-2H3. The predicted octanol–water partition coefficient (Wildman–Crippen LogP) is 2.89. The second-order valence-corrected chi connectivity index (χ2v) is 4.06. The summed E-state index contributed by atoms with van der Waals surface area (Å²) in [6.07, 6.45) is 1.38. The molecule has 0 aliphatic carbocycles. The van der Waals surface area contributed by atoms with Gasteiger partial charge in [-0.1, -0.05) is 35.9 Å². The molecule has 0 fully saturated rings. The number of rotatable bonds is 2. The van der Waals surface area contributed by atoms with Crippen LogP contribution in [-0.4, -0.2) is 23.0 Å². The van der Waals surface area contributed by atoms with Crippen molar-refractivity contribution in [3.8, 4) is 11.4 Å². The SMILES string of the molecule is COC(=O)c1cnc(-c2ccccc2C)nc1Cl. The summed E-state index contributed by atoms with van der Waals surface area (Å²) in [4.78, 5) is 19.6. The average molecular weight is 263 g/mol. The van der Waals surface area contributed by atoms with E-state index < -0.39 is 5.97 Å². The highest BCUT2D eigenvalue weighted by Crippen LogP contribution is 2.22. The Labute approximate surface area is 110 Å².